The standard InChI is InChI=1S/C34H44B22/c35-13-7(19(41)21(43)11-9(13)23(45)31(53)33(55)25(11)47)1-3-5(17(39)29(51)27(49)15(3)37)2(6-4(1)16(38)28(50)30(52)18(6)40)8-14(36)10-12(22(44)20(8)42)26(48)34(56)32(54)24(10)46/h35-56H2. The fourth-order valence-corrected chi connectivity index (χ4v) is 11.4. The van der Waals surface area contributed by atoms with Gasteiger partial charge in [-0.1, -0.05) is 76.5 Å². The van der Waals surface area contributed by atoms with Crippen molar-refractivity contribution in [2.75, 3.05) is 0 Å². The normalized spacial score (nSPS) is 11.7. The van der Waals surface area contributed by atoms with Gasteiger partial charge in [-0.2, -0.15) is 0 Å². The Morgan fingerprint density at radius 2 is 0.250 bits per heavy atom. The Kier molecular flexibility index (Phi) is 10.2. The quantitative estimate of drug-likeness (QED) is 0.125. The van der Waals surface area contributed by atoms with Gasteiger partial charge in [-0.15, -0.1) is 43.7 Å². The van der Waals surface area contributed by atoms with Crippen molar-refractivity contribution in [2.45, 2.75) is 0 Å². The van der Waals surface area contributed by atoms with Crippen LogP contribution in [0.15, 0.2) is 0 Å². The lowest BCUT2D eigenvalue weighted by molar-refractivity contribution is 1.86. The van der Waals surface area contributed by atoms with Gasteiger partial charge in [-0.3, -0.25) is 0 Å². The molecule has 0 aromatic heterocycles. The molecule has 22 heteroatoms. The molecular formula is C34H44B22. The molecule has 56 heavy (non-hydrogen) atoms. The van der Waals surface area contributed by atoms with Crippen LogP contribution >= 0.6 is 0 Å². The lowest BCUT2D eigenvalue weighted by Gasteiger charge is -2.32. The van der Waals surface area contributed by atoms with Crippen molar-refractivity contribution in [1.29, 1.82) is 0 Å². The Balaban J connectivity index is 1.92. The minimum Gasteiger partial charge on any atom is -0.101 e. The van der Waals surface area contributed by atoms with Crippen LogP contribution in [0.4, 0.5) is 0 Å². The van der Waals surface area contributed by atoms with Crippen LogP contribution < -0.4 is 120 Å². The molecule has 0 fully saturated rings. The summed E-state index contributed by atoms with van der Waals surface area (Å²) in [4.78, 5) is 0. The highest BCUT2D eigenvalue weighted by atomic mass is 14.3. The number of hydrogen-bond donors (Lipinski definition) is 0. The van der Waals surface area contributed by atoms with Crippen LogP contribution in [0, 0.1) is 0 Å². The molecule has 0 saturated heterocycles. The number of rotatable bonds is 2. The predicted molar refractivity (Wildman–Crippen MR) is 327 cm³/mol. The summed E-state index contributed by atoms with van der Waals surface area (Å²) in [5, 5.41) is 11.5. The topological polar surface area (TPSA) is 0 Å². The van der Waals surface area contributed by atoms with Gasteiger partial charge in [-0.05, 0) is 65.3 Å². The van der Waals surface area contributed by atoms with E-state index in [1.807, 2.05) is 0 Å². The average Bonchev–Trinajstić information content (AvgIpc) is 3.16. The molecule has 0 aliphatic heterocycles. The summed E-state index contributed by atoms with van der Waals surface area (Å²) in [6.07, 6.45) is 0. The maximum atomic E-state index is 2.43. The molecule has 7 rings (SSSR count). The van der Waals surface area contributed by atoms with E-state index in [4.69, 9.17) is 0 Å². The van der Waals surface area contributed by atoms with E-state index in [0.29, 0.717) is 0 Å². The van der Waals surface area contributed by atoms with Gasteiger partial charge in [0, 0.05) is 0 Å². The van der Waals surface area contributed by atoms with Crippen molar-refractivity contribution >= 4 is 336 Å². The Morgan fingerprint density at radius 1 is 0.107 bits per heavy atom. The van der Waals surface area contributed by atoms with Gasteiger partial charge in [0.1, 0.15) is 173 Å². The lowest BCUT2D eigenvalue weighted by Crippen LogP contribution is -2.53. The van der Waals surface area contributed by atoms with Gasteiger partial charge in [0.25, 0.3) is 0 Å². The first-order valence-corrected chi connectivity index (χ1v) is 21.0. The predicted octanol–water partition coefficient (Wildman–Crippen LogP) is -28.7. The Labute approximate surface area is 356 Å². The van der Waals surface area contributed by atoms with E-state index in [-0.39, 0.29) is 0 Å². The summed E-state index contributed by atoms with van der Waals surface area (Å²) in [5.41, 5.74) is 36.9. The number of benzene rings is 7. The third-order valence-electron chi connectivity index (χ3n) is 16.4. The molecule has 0 atom stereocenters. The molecule has 7 aromatic rings. The summed E-state index contributed by atoms with van der Waals surface area (Å²) >= 11 is 0. The van der Waals surface area contributed by atoms with Gasteiger partial charge in [0.15, 0.2) is 0 Å². The zero-order valence-corrected chi connectivity index (χ0v) is 39.0. The fraction of sp³-hybridized carbons (Fsp3) is 0. The van der Waals surface area contributed by atoms with Gasteiger partial charge < -0.3 is 0 Å². The van der Waals surface area contributed by atoms with Crippen LogP contribution in [0.1, 0.15) is 0 Å². The van der Waals surface area contributed by atoms with Crippen LogP contribution in [0.2, 0.25) is 0 Å². The Morgan fingerprint density at radius 3 is 0.446 bits per heavy atom. The lowest BCUT2D eigenvalue weighted by atomic mass is 9.55. The smallest absolute Gasteiger partial charge is 0.101 e. The van der Waals surface area contributed by atoms with Crippen molar-refractivity contribution in [1.82, 2.24) is 0 Å². The zero-order valence-electron chi connectivity index (χ0n) is 39.0. The molecule has 0 aliphatic carbocycles. The van der Waals surface area contributed by atoms with Gasteiger partial charge >= 0.3 is 0 Å². The van der Waals surface area contributed by atoms with Crippen molar-refractivity contribution in [3.8, 4) is 22.3 Å². The van der Waals surface area contributed by atoms with Crippen molar-refractivity contribution in [3.05, 3.63) is 0 Å². The maximum absolute atomic E-state index is 2.43. The summed E-state index contributed by atoms with van der Waals surface area (Å²) in [6, 6.07) is 0. The van der Waals surface area contributed by atoms with Gasteiger partial charge in [0.05, 0.1) is 0 Å². The molecule has 0 spiro atoms. The second kappa shape index (κ2) is 13.8. The van der Waals surface area contributed by atoms with Crippen LogP contribution in [-0.4, -0.2) is 173 Å². The Bertz CT molecular complexity index is 2760. The van der Waals surface area contributed by atoms with Crippen molar-refractivity contribution < 1.29 is 0 Å². The molecule has 0 amide bonds. The van der Waals surface area contributed by atoms with E-state index in [9.17, 15) is 0 Å². The first kappa shape index (κ1) is 41.2. The zero-order chi connectivity index (χ0) is 41.6. The average molecular weight is 691 g/mol. The minimum absolute atomic E-state index is 1.41. The molecule has 0 nitrogen and oxygen atoms in total. The molecule has 0 saturated carbocycles. The summed E-state index contributed by atoms with van der Waals surface area (Å²) in [6.45, 7) is 0. The number of fused-ring (bicyclic) bond motifs is 4. The number of hydrogen-bond acceptors (Lipinski definition) is 0. The van der Waals surface area contributed by atoms with E-state index >= 15 is 0 Å². The van der Waals surface area contributed by atoms with Gasteiger partial charge in [0.2, 0.25) is 0 Å². The van der Waals surface area contributed by atoms with Crippen LogP contribution in [0.3, 0.4) is 0 Å². The highest BCUT2D eigenvalue weighted by Gasteiger charge is 2.30. The van der Waals surface area contributed by atoms with Gasteiger partial charge in [-0.25, -0.2) is 0 Å². The van der Waals surface area contributed by atoms with E-state index in [0.717, 1.165) is 0 Å². The highest BCUT2D eigenvalue weighted by molar-refractivity contribution is 6.77. The van der Waals surface area contributed by atoms with E-state index in [1.54, 1.807) is 0 Å². The van der Waals surface area contributed by atoms with E-state index in [2.05, 4.69) is 173 Å². The molecule has 0 bridgehead atoms. The molecule has 0 radical (unpaired) electrons. The third kappa shape index (κ3) is 5.17. The first-order chi connectivity index (χ1) is 26.0. The van der Waals surface area contributed by atoms with E-state index in [1.165, 1.54) is 186 Å². The second-order valence-corrected chi connectivity index (χ2v) is 18.2. The highest BCUT2D eigenvalue weighted by Crippen LogP contribution is 2.39. The SMILES string of the molecule is Bc1c(B)c(B)c2c(B)c(-c3c4c(B)c(B)c(B)c(B)c4c(-c4c(B)c(B)c5c(B)c(B)c(B)c(B)c5c4B)c4c(B)c(B)c(B)c(B)c34)c(B)c(B)c2c1B. The maximum Gasteiger partial charge on any atom is 0.140 e. The molecule has 0 unspecified atom stereocenters. The molecule has 7 aromatic carbocycles. The monoisotopic (exact) mass is 695 g/mol. The Hall–Kier alpha value is -2.99. The van der Waals surface area contributed by atoms with Crippen LogP contribution in [0.5, 0.6) is 0 Å². The van der Waals surface area contributed by atoms with Crippen LogP contribution in [0.25, 0.3) is 65.3 Å². The molecular weight excluding hydrogens is 646 g/mol. The molecule has 0 aliphatic rings. The second-order valence-electron chi connectivity index (χ2n) is 18.2. The van der Waals surface area contributed by atoms with Crippen LogP contribution in [-0.2, 0) is 0 Å². The van der Waals surface area contributed by atoms with E-state index < -0.39 is 0 Å². The minimum atomic E-state index is 1.41. The third-order valence-corrected chi connectivity index (χ3v) is 16.4. The molecule has 0 heterocycles. The summed E-state index contributed by atoms with van der Waals surface area (Å²) < 4.78 is 0. The first-order valence-electron chi connectivity index (χ1n) is 21.0. The van der Waals surface area contributed by atoms with Crippen molar-refractivity contribution in [2.24, 2.45) is 0 Å². The largest absolute Gasteiger partial charge is 0.140 e. The van der Waals surface area contributed by atoms with Crippen molar-refractivity contribution in [3.63, 3.8) is 0 Å². The fourth-order valence-electron chi connectivity index (χ4n) is 11.4. The molecule has 246 valence electrons. The molecule has 0 N–H and O–H groups in total. The summed E-state index contributed by atoms with van der Waals surface area (Å²) in [7, 11) is 52.3. The summed E-state index contributed by atoms with van der Waals surface area (Å²) in [5.74, 6) is 0.